The fourth-order valence-corrected chi connectivity index (χ4v) is 3.72. The molecule has 1 saturated carbocycles. The van der Waals surface area contributed by atoms with Crippen molar-refractivity contribution in [2.75, 3.05) is 13.2 Å². The molecule has 0 aromatic heterocycles. The van der Waals surface area contributed by atoms with Gasteiger partial charge < -0.3 is 14.6 Å². The van der Waals surface area contributed by atoms with Crippen molar-refractivity contribution in [1.82, 2.24) is 0 Å². The van der Waals surface area contributed by atoms with Crippen LogP contribution in [-0.4, -0.2) is 18.3 Å². The number of ether oxygens (including phenoxy) is 2. The lowest BCUT2D eigenvalue weighted by atomic mass is 9.73. The maximum absolute atomic E-state index is 10.7. The third-order valence-corrected chi connectivity index (χ3v) is 5.33. The zero-order valence-corrected chi connectivity index (χ0v) is 13.4. The van der Waals surface area contributed by atoms with E-state index in [4.69, 9.17) is 21.1 Å². The molecule has 1 aliphatic heterocycles. The first-order valence-electron chi connectivity index (χ1n) is 7.83. The summed E-state index contributed by atoms with van der Waals surface area (Å²) in [6, 6.07) is 3.70. The largest absolute Gasteiger partial charge is 0.486 e. The maximum Gasteiger partial charge on any atom is 0.179 e. The molecule has 1 aliphatic carbocycles. The normalized spacial score (nSPS) is 30.0. The highest BCUT2D eigenvalue weighted by molar-refractivity contribution is 6.32. The van der Waals surface area contributed by atoms with Gasteiger partial charge in [-0.3, -0.25) is 0 Å². The van der Waals surface area contributed by atoms with Crippen molar-refractivity contribution in [3.8, 4) is 11.5 Å². The Labute approximate surface area is 131 Å². The molecule has 116 valence electrons. The average Bonchev–Trinajstić information content (AvgIpc) is 2.49. The molecular formula is C17H23ClO3. The average molecular weight is 311 g/mol. The van der Waals surface area contributed by atoms with Crippen molar-refractivity contribution >= 4 is 11.6 Å². The van der Waals surface area contributed by atoms with Gasteiger partial charge in [0.1, 0.15) is 13.2 Å². The van der Waals surface area contributed by atoms with Gasteiger partial charge in [-0.1, -0.05) is 31.9 Å². The van der Waals surface area contributed by atoms with Gasteiger partial charge in [-0.25, -0.2) is 0 Å². The number of aliphatic hydroxyl groups excluding tert-OH is 1. The van der Waals surface area contributed by atoms with Gasteiger partial charge in [-0.2, -0.15) is 0 Å². The topological polar surface area (TPSA) is 38.7 Å². The molecule has 1 aromatic rings. The van der Waals surface area contributed by atoms with Crippen LogP contribution >= 0.6 is 11.6 Å². The Bertz CT molecular complexity index is 517. The van der Waals surface area contributed by atoms with Crippen molar-refractivity contribution in [3.63, 3.8) is 0 Å². The lowest BCUT2D eigenvalue weighted by molar-refractivity contribution is 0.0556. The van der Waals surface area contributed by atoms with Crippen LogP contribution in [0.3, 0.4) is 0 Å². The smallest absolute Gasteiger partial charge is 0.179 e. The lowest BCUT2D eigenvalue weighted by Gasteiger charge is -2.35. The van der Waals surface area contributed by atoms with Gasteiger partial charge in [0.25, 0.3) is 0 Å². The summed E-state index contributed by atoms with van der Waals surface area (Å²) in [4.78, 5) is 0. The second-order valence-corrected chi connectivity index (χ2v) is 6.91. The highest BCUT2D eigenvalue weighted by atomic mass is 35.5. The minimum atomic E-state index is -0.478. The van der Waals surface area contributed by atoms with E-state index in [9.17, 15) is 5.11 Å². The molecule has 1 N–H and O–H groups in total. The number of hydrogen-bond acceptors (Lipinski definition) is 3. The molecule has 0 saturated heterocycles. The first-order valence-corrected chi connectivity index (χ1v) is 8.21. The van der Waals surface area contributed by atoms with Crippen LogP contribution in [0, 0.1) is 17.8 Å². The van der Waals surface area contributed by atoms with E-state index in [2.05, 4.69) is 13.8 Å². The summed E-state index contributed by atoms with van der Waals surface area (Å²) in [5.74, 6) is 2.96. The predicted molar refractivity (Wildman–Crippen MR) is 83.1 cm³/mol. The molecular weight excluding hydrogens is 288 g/mol. The molecule has 0 bridgehead atoms. The molecule has 2 aliphatic rings. The summed E-state index contributed by atoms with van der Waals surface area (Å²) in [5.41, 5.74) is 0.844. The lowest BCUT2D eigenvalue weighted by Crippen LogP contribution is -2.25. The molecule has 21 heavy (non-hydrogen) atoms. The second-order valence-electron chi connectivity index (χ2n) is 6.50. The van der Waals surface area contributed by atoms with Crippen LogP contribution in [0.25, 0.3) is 0 Å². The van der Waals surface area contributed by atoms with E-state index in [1.54, 1.807) is 0 Å². The quantitative estimate of drug-likeness (QED) is 0.889. The SMILES string of the molecule is CC1CCC(C(O)c2cc(Cl)c3c(c2)OCCO3)CC1C. The summed E-state index contributed by atoms with van der Waals surface area (Å²) in [5, 5.41) is 11.2. The summed E-state index contributed by atoms with van der Waals surface area (Å²) in [7, 11) is 0. The number of benzene rings is 1. The zero-order chi connectivity index (χ0) is 15.0. The summed E-state index contributed by atoms with van der Waals surface area (Å²) < 4.78 is 11.1. The first kappa shape index (κ1) is 15.0. The molecule has 0 spiro atoms. The van der Waals surface area contributed by atoms with Crippen LogP contribution in [0.15, 0.2) is 12.1 Å². The Morgan fingerprint density at radius 2 is 1.90 bits per heavy atom. The van der Waals surface area contributed by atoms with Gasteiger partial charge >= 0.3 is 0 Å². The standard InChI is InChI=1S/C17H23ClO3/c1-10-3-4-12(7-11(10)2)16(19)13-8-14(18)17-15(9-13)20-5-6-21-17/h8-12,16,19H,3-7H2,1-2H3. The number of hydrogen-bond donors (Lipinski definition) is 1. The molecule has 4 atom stereocenters. The molecule has 1 heterocycles. The highest BCUT2D eigenvalue weighted by Gasteiger charge is 2.31. The van der Waals surface area contributed by atoms with Crippen LogP contribution in [0.4, 0.5) is 0 Å². The van der Waals surface area contributed by atoms with Crippen molar-refractivity contribution in [2.24, 2.45) is 17.8 Å². The summed E-state index contributed by atoms with van der Waals surface area (Å²) >= 11 is 6.27. The van der Waals surface area contributed by atoms with E-state index < -0.39 is 6.10 Å². The van der Waals surface area contributed by atoms with Gasteiger partial charge in [0, 0.05) is 0 Å². The molecule has 1 fully saturated rings. The molecule has 0 radical (unpaired) electrons. The molecule has 1 aromatic carbocycles. The van der Waals surface area contributed by atoms with E-state index in [1.807, 2.05) is 12.1 Å². The third kappa shape index (κ3) is 3.00. The van der Waals surface area contributed by atoms with Gasteiger partial charge in [-0.05, 0) is 48.3 Å². The first-order chi connectivity index (χ1) is 10.1. The molecule has 0 amide bonds. The fraction of sp³-hybridized carbons (Fsp3) is 0.647. The minimum Gasteiger partial charge on any atom is -0.486 e. The van der Waals surface area contributed by atoms with E-state index >= 15 is 0 Å². The van der Waals surface area contributed by atoms with Gasteiger partial charge in [0.15, 0.2) is 11.5 Å². The number of aliphatic hydroxyl groups is 1. The Kier molecular flexibility index (Phi) is 4.32. The third-order valence-electron chi connectivity index (χ3n) is 5.05. The molecule has 4 unspecified atom stereocenters. The van der Waals surface area contributed by atoms with Crippen LogP contribution in [0.1, 0.15) is 44.8 Å². The monoisotopic (exact) mass is 310 g/mol. The van der Waals surface area contributed by atoms with Gasteiger partial charge in [-0.15, -0.1) is 0 Å². The second kappa shape index (κ2) is 6.05. The van der Waals surface area contributed by atoms with Crippen LogP contribution in [0.2, 0.25) is 5.02 Å². The van der Waals surface area contributed by atoms with Gasteiger partial charge in [0.05, 0.1) is 11.1 Å². The van der Waals surface area contributed by atoms with Crippen molar-refractivity contribution in [1.29, 1.82) is 0 Å². The minimum absolute atomic E-state index is 0.301. The summed E-state index contributed by atoms with van der Waals surface area (Å²) in [6.07, 6.45) is 2.84. The predicted octanol–water partition coefficient (Wildman–Crippen LogP) is 4.22. The van der Waals surface area contributed by atoms with Crippen LogP contribution < -0.4 is 9.47 Å². The summed E-state index contributed by atoms with van der Waals surface area (Å²) in [6.45, 7) is 5.63. The van der Waals surface area contributed by atoms with Gasteiger partial charge in [0.2, 0.25) is 0 Å². The number of rotatable bonds is 2. The Morgan fingerprint density at radius 1 is 1.14 bits per heavy atom. The molecule has 4 heteroatoms. The fourth-order valence-electron chi connectivity index (χ4n) is 3.45. The Hall–Kier alpha value is -0.930. The van der Waals surface area contributed by atoms with Crippen molar-refractivity contribution < 1.29 is 14.6 Å². The van der Waals surface area contributed by atoms with Crippen LogP contribution in [0.5, 0.6) is 11.5 Å². The number of halogens is 1. The Balaban J connectivity index is 1.81. The highest BCUT2D eigenvalue weighted by Crippen LogP contribution is 2.44. The van der Waals surface area contributed by atoms with E-state index in [0.717, 1.165) is 24.3 Å². The number of fused-ring (bicyclic) bond motifs is 1. The molecule has 3 nitrogen and oxygen atoms in total. The zero-order valence-electron chi connectivity index (χ0n) is 12.6. The van der Waals surface area contributed by atoms with E-state index in [0.29, 0.717) is 41.6 Å². The molecule has 3 rings (SSSR count). The van der Waals surface area contributed by atoms with E-state index in [1.165, 1.54) is 6.42 Å². The van der Waals surface area contributed by atoms with Crippen molar-refractivity contribution in [3.05, 3.63) is 22.7 Å². The maximum atomic E-state index is 10.7. The van der Waals surface area contributed by atoms with Crippen molar-refractivity contribution in [2.45, 2.75) is 39.2 Å². The van der Waals surface area contributed by atoms with Crippen LogP contribution in [-0.2, 0) is 0 Å². The van der Waals surface area contributed by atoms with E-state index in [-0.39, 0.29) is 0 Å². The Morgan fingerprint density at radius 3 is 2.67 bits per heavy atom.